The van der Waals surface area contributed by atoms with Crippen molar-refractivity contribution in [1.82, 2.24) is 9.78 Å². The molecule has 0 amide bonds. The maximum absolute atomic E-state index is 4.37. The molecule has 0 spiro atoms. The van der Waals surface area contributed by atoms with E-state index in [0.717, 1.165) is 12.5 Å². The number of hydrogen-bond donors (Lipinski definition) is 0. The summed E-state index contributed by atoms with van der Waals surface area (Å²) in [6, 6.07) is 2.15. The fourth-order valence-corrected chi connectivity index (χ4v) is 1.91. The van der Waals surface area contributed by atoms with Gasteiger partial charge in [-0.05, 0) is 31.2 Å². The molecule has 1 aliphatic rings. The van der Waals surface area contributed by atoms with Crippen molar-refractivity contribution in [2.24, 2.45) is 5.92 Å². The monoisotopic (exact) mass is 178 g/mol. The normalized spacial score (nSPS) is 17.3. The maximum atomic E-state index is 4.37. The predicted molar refractivity (Wildman–Crippen MR) is 53.6 cm³/mol. The SMILES string of the molecule is CCCc1ccnn1CC1CCC1. The molecule has 1 aromatic rings. The zero-order valence-electron chi connectivity index (χ0n) is 8.37. The van der Waals surface area contributed by atoms with Gasteiger partial charge in [0.25, 0.3) is 0 Å². The average molecular weight is 178 g/mol. The summed E-state index contributed by atoms with van der Waals surface area (Å²) in [7, 11) is 0. The van der Waals surface area contributed by atoms with E-state index in [9.17, 15) is 0 Å². The molecule has 0 N–H and O–H groups in total. The Morgan fingerprint density at radius 2 is 2.38 bits per heavy atom. The van der Waals surface area contributed by atoms with Gasteiger partial charge in [0.05, 0.1) is 0 Å². The molecule has 0 aromatic carbocycles. The number of aromatic nitrogens is 2. The number of rotatable bonds is 4. The standard InChI is InChI=1S/C11H18N2/c1-2-4-11-7-8-12-13(11)9-10-5-3-6-10/h7-8,10H,2-6,9H2,1H3. The van der Waals surface area contributed by atoms with E-state index in [1.165, 1.54) is 37.8 Å². The van der Waals surface area contributed by atoms with Crippen LogP contribution in [0, 0.1) is 5.92 Å². The van der Waals surface area contributed by atoms with E-state index in [1.54, 1.807) is 0 Å². The largest absolute Gasteiger partial charge is 0.269 e. The highest BCUT2D eigenvalue weighted by Gasteiger charge is 2.18. The Morgan fingerprint density at radius 1 is 1.54 bits per heavy atom. The summed E-state index contributed by atoms with van der Waals surface area (Å²) in [6.07, 6.45) is 8.57. The van der Waals surface area contributed by atoms with Gasteiger partial charge in [0.15, 0.2) is 0 Å². The summed E-state index contributed by atoms with van der Waals surface area (Å²) >= 11 is 0. The van der Waals surface area contributed by atoms with E-state index >= 15 is 0 Å². The number of hydrogen-bond acceptors (Lipinski definition) is 1. The highest BCUT2D eigenvalue weighted by atomic mass is 15.3. The summed E-state index contributed by atoms with van der Waals surface area (Å²) in [6.45, 7) is 3.38. The van der Waals surface area contributed by atoms with Gasteiger partial charge in [0.1, 0.15) is 0 Å². The van der Waals surface area contributed by atoms with Crippen LogP contribution in [-0.2, 0) is 13.0 Å². The Hall–Kier alpha value is -0.790. The first kappa shape index (κ1) is 8.79. The Bertz CT molecular complexity index is 261. The highest BCUT2D eigenvalue weighted by molar-refractivity contribution is 5.00. The van der Waals surface area contributed by atoms with Gasteiger partial charge in [-0.3, -0.25) is 4.68 Å². The molecule has 0 aliphatic heterocycles. The molecule has 1 aromatic heterocycles. The van der Waals surface area contributed by atoms with Gasteiger partial charge in [-0.15, -0.1) is 0 Å². The van der Waals surface area contributed by atoms with Gasteiger partial charge in [0.2, 0.25) is 0 Å². The summed E-state index contributed by atoms with van der Waals surface area (Å²) in [5, 5.41) is 4.37. The minimum absolute atomic E-state index is 0.913. The third-order valence-corrected chi connectivity index (χ3v) is 2.97. The predicted octanol–water partition coefficient (Wildman–Crippen LogP) is 2.64. The molecule has 1 aliphatic carbocycles. The van der Waals surface area contributed by atoms with Crippen molar-refractivity contribution >= 4 is 0 Å². The zero-order chi connectivity index (χ0) is 9.10. The lowest BCUT2D eigenvalue weighted by Gasteiger charge is -2.25. The Morgan fingerprint density at radius 3 is 3.00 bits per heavy atom. The number of aryl methyl sites for hydroxylation is 1. The van der Waals surface area contributed by atoms with Crippen LogP contribution in [-0.4, -0.2) is 9.78 Å². The van der Waals surface area contributed by atoms with Crippen molar-refractivity contribution in [2.75, 3.05) is 0 Å². The highest BCUT2D eigenvalue weighted by Crippen LogP contribution is 2.27. The summed E-state index contributed by atoms with van der Waals surface area (Å²) in [5.74, 6) is 0.913. The molecule has 13 heavy (non-hydrogen) atoms. The third kappa shape index (κ3) is 1.93. The molecule has 1 heterocycles. The molecule has 1 saturated carbocycles. The Kier molecular flexibility index (Phi) is 2.67. The smallest absolute Gasteiger partial charge is 0.0492 e. The van der Waals surface area contributed by atoms with Crippen LogP contribution >= 0.6 is 0 Å². The quantitative estimate of drug-likeness (QED) is 0.693. The minimum Gasteiger partial charge on any atom is -0.269 e. The second-order valence-corrected chi connectivity index (χ2v) is 4.05. The zero-order valence-corrected chi connectivity index (χ0v) is 8.37. The van der Waals surface area contributed by atoms with E-state index in [1.807, 2.05) is 6.20 Å². The molecule has 2 heteroatoms. The molecule has 0 unspecified atom stereocenters. The van der Waals surface area contributed by atoms with Crippen molar-refractivity contribution < 1.29 is 0 Å². The maximum Gasteiger partial charge on any atom is 0.0492 e. The van der Waals surface area contributed by atoms with Gasteiger partial charge in [-0.2, -0.15) is 5.10 Å². The van der Waals surface area contributed by atoms with Gasteiger partial charge >= 0.3 is 0 Å². The molecule has 0 bridgehead atoms. The van der Waals surface area contributed by atoms with Crippen LogP contribution in [0.15, 0.2) is 12.3 Å². The molecule has 0 radical (unpaired) electrons. The summed E-state index contributed by atoms with van der Waals surface area (Å²) in [5.41, 5.74) is 1.41. The fraction of sp³-hybridized carbons (Fsp3) is 0.727. The van der Waals surface area contributed by atoms with Gasteiger partial charge < -0.3 is 0 Å². The van der Waals surface area contributed by atoms with E-state index in [4.69, 9.17) is 0 Å². The first-order valence-corrected chi connectivity index (χ1v) is 5.41. The minimum atomic E-state index is 0.913. The van der Waals surface area contributed by atoms with Gasteiger partial charge in [-0.25, -0.2) is 0 Å². The summed E-state index contributed by atoms with van der Waals surface area (Å²) in [4.78, 5) is 0. The van der Waals surface area contributed by atoms with E-state index in [-0.39, 0.29) is 0 Å². The first-order valence-electron chi connectivity index (χ1n) is 5.41. The fourth-order valence-electron chi connectivity index (χ4n) is 1.91. The van der Waals surface area contributed by atoms with Crippen LogP contribution in [0.3, 0.4) is 0 Å². The topological polar surface area (TPSA) is 17.8 Å². The molecule has 0 atom stereocenters. The number of nitrogens with zero attached hydrogens (tertiary/aromatic N) is 2. The second kappa shape index (κ2) is 3.95. The van der Waals surface area contributed by atoms with Crippen LogP contribution in [0.5, 0.6) is 0 Å². The van der Waals surface area contributed by atoms with E-state index in [2.05, 4.69) is 22.8 Å². The van der Waals surface area contributed by atoms with Crippen LogP contribution in [0.4, 0.5) is 0 Å². The van der Waals surface area contributed by atoms with Crippen LogP contribution in [0.2, 0.25) is 0 Å². The van der Waals surface area contributed by atoms with Crippen molar-refractivity contribution in [2.45, 2.75) is 45.6 Å². The third-order valence-electron chi connectivity index (χ3n) is 2.97. The van der Waals surface area contributed by atoms with Crippen LogP contribution in [0.25, 0.3) is 0 Å². The van der Waals surface area contributed by atoms with Gasteiger partial charge in [-0.1, -0.05) is 19.8 Å². The average Bonchev–Trinajstić information content (AvgIpc) is 2.46. The van der Waals surface area contributed by atoms with Crippen LogP contribution < -0.4 is 0 Å². The molecule has 72 valence electrons. The molecular formula is C11H18N2. The Balaban J connectivity index is 1.96. The first-order chi connectivity index (χ1) is 6.40. The van der Waals surface area contributed by atoms with Gasteiger partial charge in [0, 0.05) is 18.4 Å². The Labute approximate surface area is 80.0 Å². The van der Waals surface area contributed by atoms with Crippen molar-refractivity contribution in [1.29, 1.82) is 0 Å². The van der Waals surface area contributed by atoms with Crippen molar-refractivity contribution in [3.8, 4) is 0 Å². The van der Waals surface area contributed by atoms with Crippen LogP contribution in [0.1, 0.15) is 38.3 Å². The molecular weight excluding hydrogens is 160 g/mol. The molecule has 0 saturated heterocycles. The summed E-state index contributed by atoms with van der Waals surface area (Å²) < 4.78 is 2.20. The van der Waals surface area contributed by atoms with Crippen molar-refractivity contribution in [3.63, 3.8) is 0 Å². The second-order valence-electron chi connectivity index (χ2n) is 4.05. The van der Waals surface area contributed by atoms with E-state index in [0.29, 0.717) is 0 Å². The van der Waals surface area contributed by atoms with Crippen molar-refractivity contribution in [3.05, 3.63) is 18.0 Å². The molecule has 1 fully saturated rings. The lowest BCUT2D eigenvalue weighted by molar-refractivity contribution is 0.263. The lowest BCUT2D eigenvalue weighted by atomic mass is 9.85. The molecule has 2 rings (SSSR count). The lowest BCUT2D eigenvalue weighted by Crippen LogP contribution is -2.20. The van der Waals surface area contributed by atoms with E-state index < -0.39 is 0 Å². The molecule has 2 nitrogen and oxygen atoms in total.